The van der Waals surface area contributed by atoms with Crippen molar-refractivity contribution in [1.29, 1.82) is 5.26 Å². The van der Waals surface area contributed by atoms with Gasteiger partial charge in [0.1, 0.15) is 11.4 Å². The van der Waals surface area contributed by atoms with Crippen molar-refractivity contribution in [3.05, 3.63) is 59.2 Å². The molecule has 1 aromatic carbocycles. The Morgan fingerprint density at radius 2 is 1.91 bits per heavy atom. The quantitative estimate of drug-likeness (QED) is 0.464. The highest BCUT2D eigenvalue weighted by molar-refractivity contribution is 7.21. The summed E-state index contributed by atoms with van der Waals surface area (Å²) >= 11 is 1.10. The van der Waals surface area contributed by atoms with Gasteiger partial charge in [-0.3, -0.25) is 19.9 Å². The summed E-state index contributed by atoms with van der Waals surface area (Å²) in [6, 6.07) is 8.84. The van der Waals surface area contributed by atoms with Crippen molar-refractivity contribution in [2.75, 3.05) is 19.5 Å². The van der Waals surface area contributed by atoms with E-state index in [9.17, 15) is 14.9 Å². The van der Waals surface area contributed by atoms with Crippen LogP contribution in [0.1, 0.15) is 32.1 Å². The van der Waals surface area contributed by atoms with Crippen molar-refractivity contribution in [3.63, 3.8) is 0 Å². The molecular weight excluding hydrogens is 442 g/mol. The number of hydrogen-bond acceptors (Lipinski definition) is 9. The summed E-state index contributed by atoms with van der Waals surface area (Å²) in [4.78, 5) is 42.3. The van der Waals surface area contributed by atoms with Gasteiger partial charge >= 0.3 is 0 Å². The average Bonchev–Trinajstić information content (AvgIpc) is 3.24. The molecule has 3 aromatic heterocycles. The number of carbonyl (C=O) groups excluding carboxylic acids is 2. The van der Waals surface area contributed by atoms with E-state index in [1.807, 2.05) is 0 Å². The lowest BCUT2D eigenvalue weighted by Crippen LogP contribution is -2.19. The number of benzene rings is 1. The maximum absolute atomic E-state index is 13.2. The fourth-order valence-corrected chi connectivity index (χ4v) is 3.92. The predicted molar refractivity (Wildman–Crippen MR) is 122 cm³/mol. The van der Waals surface area contributed by atoms with Crippen molar-refractivity contribution in [3.8, 4) is 22.9 Å². The highest BCUT2D eigenvalue weighted by Crippen LogP contribution is 2.34. The minimum Gasteiger partial charge on any atom is -0.496 e. The number of thiazole rings is 1. The van der Waals surface area contributed by atoms with Crippen LogP contribution in [0, 0.1) is 18.3 Å². The number of hydrogen-bond donors (Lipinski definition) is 2. The van der Waals surface area contributed by atoms with Crippen LogP contribution in [0.3, 0.4) is 0 Å². The first kappa shape index (κ1) is 21.8. The monoisotopic (exact) mass is 459 g/mol. The zero-order valence-electron chi connectivity index (χ0n) is 17.8. The number of nitriles is 1. The molecule has 0 atom stereocenters. The second kappa shape index (κ2) is 8.97. The first-order valence-electron chi connectivity index (χ1n) is 9.65. The Bertz CT molecular complexity index is 1440. The van der Waals surface area contributed by atoms with E-state index >= 15 is 0 Å². The molecule has 4 aromatic rings. The number of pyridine rings is 1. The number of aryl methyl sites for hydroxylation is 1. The standard InChI is InChI=1S/C22H17N7O3S/c1-11-6-13(14-7-12(8-23)4-5-17(14)32-3)15(9-25-11)19(30)29-22-28-18-21(33-22)27-16(10-26-18)20(31)24-2/h4-7,9-10H,1-3H3,(H,24,31)(H,26,28,29,30). The Hall–Kier alpha value is -4.43. The van der Waals surface area contributed by atoms with Crippen LogP contribution in [0.15, 0.2) is 36.7 Å². The number of ether oxygens (including phenoxy) is 1. The molecule has 0 aliphatic rings. The second-order valence-electron chi connectivity index (χ2n) is 6.83. The molecule has 11 heteroatoms. The van der Waals surface area contributed by atoms with E-state index in [0.717, 1.165) is 11.3 Å². The van der Waals surface area contributed by atoms with Crippen molar-refractivity contribution in [1.82, 2.24) is 25.3 Å². The van der Waals surface area contributed by atoms with Gasteiger partial charge in [0.25, 0.3) is 11.8 Å². The van der Waals surface area contributed by atoms with Crippen molar-refractivity contribution in [2.45, 2.75) is 6.92 Å². The molecule has 0 aliphatic heterocycles. The summed E-state index contributed by atoms with van der Waals surface area (Å²) in [6.07, 6.45) is 2.79. The Balaban J connectivity index is 1.72. The summed E-state index contributed by atoms with van der Waals surface area (Å²) in [7, 11) is 3.02. The van der Waals surface area contributed by atoms with E-state index in [-0.39, 0.29) is 22.3 Å². The van der Waals surface area contributed by atoms with Crippen LogP contribution in [0.5, 0.6) is 5.75 Å². The Morgan fingerprint density at radius 1 is 1.09 bits per heavy atom. The van der Waals surface area contributed by atoms with Crippen LogP contribution in [-0.2, 0) is 0 Å². The van der Waals surface area contributed by atoms with E-state index in [2.05, 4.69) is 36.6 Å². The van der Waals surface area contributed by atoms with Gasteiger partial charge in [-0.25, -0.2) is 9.97 Å². The summed E-state index contributed by atoms with van der Waals surface area (Å²) in [5, 5.41) is 14.8. The summed E-state index contributed by atoms with van der Waals surface area (Å²) in [5.41, 5.74) is 3.03. The van der Waals surface area contributed by atoms with Gasteiger partial charge in [0.2, 0.25) is 0 Å². The lowest BCUT2D eigenvalue weighted by atomic mass is 9.97. The number of nitrogens with zero attached hydrogens (tertiary/aromatic N) is 5. The third-order valence-corrected chi connectivity index (χ3v) is 5.56. The number of nitrogens with one attached hydrogen (secondary N) is 2. The predicted octanol–water partition coefficient (Wildman–Crippen LogP) is 2.95. The Labute approximate surface area is 192 Å². The number of rotatable bonds is 5. The van der Waals surface area contributed by atoms with Crippen LogP contribution in [-0.4, -0.2) is 45.9 Å². The molecule has 3 heterocycles. The third kappa shape index (κ3) is 4.32. The van der Waals surface area contributed by atoms with Crippen LogP contribution in [0.4, 0.5) is 5.13 Å². The van der Waals surface area contributed by atoms with E-state index in [1.165, 1.54) is 26.6 Å². The lowest BCUT2D eigenvalue weighted by Gasteiger charge is -2.13. The summed E-state index contributed by atoms with van der Waals surface area (Å²) in [6.45, 7) is 1.81. The number of aromatic nitrogens is 4. The molecule has 10 nitrogen and oxygen atoms in total. The maximum Gasteiger partial charge on any atom is 0.271 e. The molecule has 0 fully saturated rings. The molecule has 2 N–H and O–H groups in total. The van der Waals surface area contributed by atoms with Gasteiger partial charge in [-0.15, -0.1) is 0 Å². The lowest BCUT2D eigenvalue weighted by molar-refractivity contribution is 0.0957. The zero-order chi connectivity index (χ0) is 23.5. The van der Waals surface area contributed by atoms with Gasteiger partial charge in [-0.05, 0) is 31.2 Å². The second-order valence-corrected chi connectivity index (χ2v) is 7.81. The van der Waals surface area contributed by atoms with Gasteiger partial charge in [-0.1, -0.05) is 11.3 Å². The minimum atomic E-state index is -0.451. The fraction of sp³-hybridized carbons (Fsp3) is 0.136. The van der Waals surface area contributed by atoms with E-state index in [0.29, 0.717) is 38.6 Å². The molecule has 0 bridgehead atoms. The Kier molecular flexibility index (Phi) is 5.93. The first-order chi connectivity index (χ1) is 15.9. The number of methoxy groups -OCH3 is 1. The van der Waals surface area contributed by atoms with E-state index in [1.54, 1.807) is 31.2 Å². The van der Waals surface area contributed by atoms with Gasteiger partial charge in [0.15, 0.2) is 15.6 Å². The van der Waals surface area contributed by atoms with Gasteiger partial charge in [0.05, 0.1) is 30.5 Å². The summed E-state index contributed by atoms with van der Waals surface area (Å²) in [5.74, 6) is -0.302. The molecule has 0 aliphatic carbocycles. The maximum atomic E-state index is 13.2. The van der Waals surface area contributed by atoms with E-state index in [4.69, 9.17) is 4.74 Å². The highest BCUT2D eigenvalue weighted by atomic mass is 32.1. The summed E-state index contributed by atoms with van der Waals surface area (Å²) < 4.78 is 5.45. The molecule has 164 valence electrons. The Morgan fingerprint density at radius 3 is 2.64 bits per heavy atom. The molecule has 0 spiro atoms. The molecule has 0 radical (unpaired) electrons. The van der Waals surface area contributed by atoms with Crippen LogP contribution >= 0.6 is 11.3 Å². The SMILES string of the molecule is CNC(=O)c1cnc2nc(NC(=O)c3cnc(C)cc3-c3cc(C#N)ccc3OC)sc2n1. The van der Waals surface area contributed by atoms with Gasteiger partial charge < -0.3 is 10.1 Å². The van der Waals surface area contributed by atoms with Crippen LogP contribution in [0.2, 0.25) is 0 Å². The topological polar surface area (TPSA) is 143 Å². The molecular formula is C22H17N7O3S. The number of amides is 2. The van der Waals surface area contributed by atoms with Crippen molar-refractivity contribution < 1.29 is 14.3 Å². The third-order valence-electron chi connectivity index (χ3n) is 4.71. The number of anilines is 1. The molecule has 4 rings (SSSR count). The largest absolute Gasteiger partial charge is 0.496 e. The molecule has 0 unspecified atom stereocenters. The van der Waals surface area contributed by atoms with Crippen LogP contribution in [0.25, 0.3) is 21.6 Å². The van der Waals surface area contributed by atoms with Gasteiger partial charge in [-0.2, -0.15) is 10.2 Å². The van der Waals surface area contributed by atoms with Crippen molar-refractivity contribution >= 4 is 38.8 Å². The molecule has 0 saturated heterocycles. The fourth-order valence-electron chi connectivity index (χ4n) is 3.13. The number of fused-ring (bicyclic) bond motifs is 1. The van der Waals surface area contributed by atoms with Crippen LogP contribution < -0.4 is 15.4 Å². The number of carbonyl (C=O) groups is 2. The molecule has 2 amide bonds. The smallest absolute Gasteiger partial charge is 0.271 e. The minimum absolute atomic E-state index is 0.154. The first-order valence-corrected chi connectivity index (χ1v) is 10.5. The molecule has 0 saturated carbocycles. The normalized spacial score (nSPS) is 10.5. The average molecular weight is 459 g/mol. The highest BCUT2D eigenvalue weighted by Gasteiger charge is 2.20. The van der Waals surface area contributed by atoms with E-state index < -0.39 is 5.91 Å². The molecule has 33 heavy (non-hydrogen) atoms. The van der Waals surface area contributed by atoms with Crippen molar-refractivity contribution in [2.24, 2.45) is 0 Å². The van der Waals surface area contributed by atoms with Gasteiger partial charge in [0, 0.05) is 30.1 Å². The zero-order valence-corrected chi connectivity index (χ0v) is 18.6.